The summed E-state index contributed by atoms with van der Waals surface area (Å²) in [6.45, 7) is -0.353. The fraction of sp³-hybridized carbons (Fsp3) is 0.400. The van der Waals surface area contributed by atoms with Crippen molar-refractivity contribution in [2.75, 3.05) is 31.4 Å². The highest BCUT2D eigenvalue weighted by Gasteiger charge is 2.13. The number of sulfone groups is 1. The fourth-order valence-corrected chi connectivity index (χ4v) is 2.26. The van der Waals surface area contributed by atoms with Gasteiger partial charge < -0.3 is 10.0 Å². The Kier molecular flexibility index (Phi) is 3.71. The monoisotopic (exact) mass is 229 g/mol. The predicted octanol–water partition coefficient (Wildman–Crippen LogP) is 0.519. The Morgan fingerprint density at radius 3 is 2.53 bits per heavy atom. The van der Waals surface area contributed by atoms with Gasteiger partial charge in [-0.05, 0) is 18.2 Å². The van der Waals surface area contributed by atoms with E-state index in [-0.39, 0.29) is 17.3 Å². The summed E-state index contributed by atoms with van der Waals surface area (Å²) in [6, 6.07) is 6.67. The topological polar surface area (TPSA) is 57.6 Å². The molecule has 15 heavy (non-hydrogen) atoms. The van der Waals surface area contributed by atoms with Crippen molar-refractivity contribution in [1.29, 1.82) is 0 Å². The molecule has 0 aliphatic carbocycles. The van der Waals surface area contributed by atoms with Crippen molar-refractivity contribution in [3.05, 3.63) is 24.3 Å². The number of hydrogen-bond acceptors (Lipinski definition) is 4. The van der Waals surface area contributed by atoms with Crippen LogP contribution in [0.2, 0.25) is 0 Å². The molecule has 0 bridgehead atoms. The summed E-state index contributed by atoms with van der Waals surface area (Å²) in [4.78, 5) is 2.08. The van der Waals surface area contributed by atoms with Crippen LogP contribution in [0.25, 0.3) is 0 Å². The van der Waals surface area contributed by atoms with Gasteiger partial charge in [-0.2, -0.15) is 0 Å². The lowest BCUT2D eigenvalue weighted by molar-refractivity contribution is 0.319. The van der Waals surface area contributed by atoms with Crippen LogP contribution in [0.15, 0.2) is 29.2 Å². The molecule has 0 fully saturated rings. The first-order valence-corrected chi connectivity index (χ1v) is 6.23. The number of benzene rings is 1. The van der Waals surface area contributed by atoms with Crippen LogP contribution >= 0.6 is 0 Å². The van der Waals surface area contributed by atoms with Gasteiger partial charge in [0.25, 0.3) is 0 Å². The van der Waals surface area contributed by atoms with E-state index < -0.39 is 9.84 Å². The number of anilines is 1. The average Bonchev–Trinajstić information content (AvgIpc) is 2.18. The van der Waals surface area contributed by atoms with Gasteiger partial charge in [0.05, 0.1) is 17.3 Å². The van der Waals surface area contributed by atoms with Crippen LogP contribution in [0.3, 0.4) is 0 Å². The number of nitrogens with zero attached hydrogens (tertiary/aromatic N) is 1. The van der Waals surface area contributed by atoms with Crippen molar-refractivity contribution in [3.63, 3.8) is 0 Å². The molecule has 0 heterocycles. The highest BCUT2D eigenvalue weighted by molar-refractivity contribution is 7.91. The maximum absolute atomic E-state index is 11.6. The quantitative estimate of drug-likeness (QED) is 0.817. The van der Waals surface area contributed by atoms with Crippen LogP contribution in [0.1, 0.15) is 0 Å². The maximum Gasteiger partial charge on any atom is 0.180 e. The summed E-state index contributed by atoms with van der Waals surface area (Å²) in [7, 11) is 0.347. The molecule has 0 aliphatic heterocycles. The minimum atomic E-state index is -3.34. The standard InChI is InChI=1S/C10H15NO3S/c1-11(2)9-4-3-5-10(8-9)15(13,14)7-6-12/h3-5,8,12H,6-7H2,1-2H3. The second-order valence-electron chi connectivity index (χ2n) is 3.43. The third-order valence-corrected chi connectivity index (χ3v) is 3.75. The molecule has 4 nitrogen and oxygen atoms in total. The Balaban J connectivity index is 3.11. The third kappa shape index (κ3) is 2.94. The second-order valence-corrected chi connectivity index (χ2v) is 5.54. The summed E-state index contributed by atoms with van der Waals surface area (Å²) in [5.41, 5.74) is 0.828. The van der Waals surface area contributed by atoms with E-state index >= 15 is 0 Å². The van der Waals surface area contributed by atoms with E-state index in [1.807, 2.05) is 25.1 Å². The first-order valence-electron chi connectivity index (χ1n) is 4.58. The summed E-state index contributed by atoms with van der Waals surface area (Å²) >= 11 is 0. The van der Waals surface area contributed by atoms with Gasteiger partial charge in [-0.1, -0.05) is 6.07 Å². The zero-order chi connectivity index (χ0) is 11.5. The van der Waals surface area contributed by atoms with Gasteiger partial charge in [0, 0.05) is 19.8 Å². The van der Waals surface area contributed by atoms with E-state index in [0.717, 1.165) is 5.69 Å². The van der Waals surface area contributed by atoms with Gasteiger partial charge in [-0.15, -0.1) is 0 Å². The van der Waals surface area contributed by atoms with Gasteiger partial charge in [0.15, 0.2) is 9.84 Å². The zero-order valence-corrected chi connectivity index (χ0v) is 9.66. The number of aliphatic hydroxyl groups is 1. The van der Waals surface area contributed by atoms with E-state index in [9.17, 15) is 8.42 Å². The molecule has 0 amide bonds. The molecule has 0 unspecified atom stereocenters. The van der Waals surface area contributed by atoms with Gasteiger partial charge in [-0.3, -0.25) is 0 Å². The molecular weight excluding hydrogens is 214 g/mol. The van der Waals surface area contributed by atoms with E-state index in [0.29, 0.717) is 0 Å². The molecular formula is C10H15NO3S. The zero-order valence-electron chi connectivity index (χ0n) is 8.84. The smallest absolute Gasteiger partial charge is 0.180 e. The molecule has 0 radical (unpaired) electrons. The van der Waals surface area contributed by atoms with Crippen LogP contribution in [0, 0.1) is 0 Å². The molecule has 0 saturated carbocycles. The summed E-state index contributed by atoms with van der Waals surface area (Å²) in [5.74, 6) is -0.232. The maximum atomic E-state index is 11.6. The molecule has 0 saturated heterocycles. The minimum absolute atomic E-state index is 0.232. The van der Waals surface area contributed by atoms with Gasteiger partial charge >= 0.3 is 0 Å². The Morgan fingerprint density at radius 2 is 2.00 bits per heavy atom. The van der Waals surface area contributed by atoms with Crippen molar-refractivity contribution in [3.8, 4) is 0 Å². The molecule has 0 aliphatic rings. The highest BCUT2D eigenvalue weighted by Crippen LogP contribution is 2.18. The molecule has 5 heteroatoms. The lowest BCUT2D eigenvalue weighted by Crippen LogP contribution is -2.12. The largest absolute Gasteiger partial charge is 0.395 e. The lowest BCUT2D eigenvalue weighted by atomic mass is 10.3. The minimum Gasteiger partial charge on any atom is -0.395 e. The van der Waals surface area contributed by atoms with Crippen LogP contribution in [-0.4, -0.2) is 40.0 Å². The van der Waals surface area contributed by atoms with Crippen molar-refractivity contribution in [2.24, 2.45) is 0 Å². The first-order chi connectivity index (χ1) is 6.97. The van der Waals surface area contributed by atoms with Gasteiger partial charge in [0.1, 0.15) is 0 Å². The molecule has 1 aromatic rings. The molecule has 0 spiro atoms. The number of hydrogen-bond donors (Lipinski definition) is 1. The second kappa shape index (κ2) is 4.63. The fourth-order valence-electron chi connectivity index (χ4n) is 1.19. The average molecular weight is 229 g/mol. The van der Waals surface area contributed by atoms with E-state index in [2.05, 4.69) is 0 Å². The molecule has 1 N–H and O–H groups in total. The van der Waals surface area contributed by atoms with Crippen molar-refractivity contribution < 1.29 is 13.5 Å². The van der Waals surface area contributed by atoms with E-state index in [4.69, 9.17) is 5.11 Å². The molecule has 0 atom stereocenters. The Bertz CT molecular complexity index is 426. The van der Waals surface area contributed by atoms with Crippen LogP contribution in [0.5, 0.6) is 0 Å². The normalized spacial score (nSPS) is 11.4. The SMILES string of the molecule is CN(C)c1cccc(S(=O)(=O)CCO)c1. The Labute approximate surface area is 90.1 Å². The summed E-state index contributed by atoms with van der Waals surface area (Å²) in [6.07, 6.45) is 0. The van der Waals surface area contributed by atoms with Crippen LogP contribution in [-0.2, 0) is 9.84 Å². The first kappa shape index (κ1) is 12.0. The van der Waals surface area contributed by atoms with E-state index in [1.54, 1.807) is 12.1 Å². The summed E-state index contributed by atoms with van der Waals surface area (Å²) < 4.78 is 23.3. The van der Waals surface area contributed by atoms with Crippen molar-refractivity contribution in [2.45, 2.75) is 4.90 Å². The Hall–Kier alpha value is -1.07. The van der Waals surface area contributed by atoms with Crippen LogP contribution in [0.4, 0.5) is 5.69 Å². The Morgan fingerprint density at radius 1 is 1.33 bits per heavy atom. The van der Waals surface area contributed by atoms with Gasteiger partial charge in [-0.25, -0.2) is 8.42 Å². The van der Waals surface area contributed by atoms with Crippen molar-refractivity contribution >= 4 is 15.5 Å². The molecule has 1 aromatic carbocycles. The van der Waals surface area contributed by atoms with Crippen LogP contribution < -0.4 is 4.90 Å². The number of rotatable bonds is 4. The van der Waals surface area contributed by atoms with Crippen molar-refractivity contribution in [1.82, 2.24) is 0 Å². The molecule has 0 aromatic heterocycles. The molecule has 1 rings (SSSR count). The van der Waals surface area contributed by atoms with Gasteiger partial charge in [0.2, 0.25) is 0 Å². The van der Waals surface area contributed by atoms with E-state index in [1.165, 1.54) is 6.07 Å². The molecule has 84 valence electrons. The third-order valence-electron chi connectivity index (χ3n) is 2.05. The lowest BCUT2D eigenvalue weighted by Gasteiger charge is -2.13. The predicted molar refractivity (Wildman–Crippen MR) is 59.9 cm³/mol. The number of aliphatic hydroxyl groups excluding tert-OH is 1. The highest BCUT2D eigenvalue weighted by atomic mass is 32.2. The summed E-state index contributed by atoms with van der Waals surface area (Å²) in [5, 5.41) is 8.65.